The van der Waals surface area contributed by atoms with Crippen LogP contribution in [0.5, 0.6) is 0 Å². The Bertz CT molecular complexity index is 404. The van der Waals surface area contributed by atoms with Gasteiger partial charge >= 0.3 is 0 Å². The minimum Gasteiger partial charge on any atom is -0.298 e. The predicted octanol–water partition coefficient (Wildman–Crippen LogP) is 3.17. The average molecular weight is 238 g/mol. The molecule has 3 fully saturated rings. The third-order valence-corrected chi connectivity index (χ3v) is 4.39. The van der Waals surface area contributed by atoms with E-state index in [1.807, 2.05) is 0 Å². The summed E-state index contributed by atoms with van der Waals surface area (Å²) in [6.07, 6.45) is 8.05. The van der Waals surface area contributed by atoms with Crippen LogP contribution in [0, 0.1) is 11.8 Å². The summed E-state index contributed by atoms with van der Waals surface area (Å²) >= 11 is 6.24. The van der Waals surface area contributed by atoms with Gasteiger partial charge in [0.2, 0.25) is 5.28 Å². The van der Waals surface area contributed by atoms with Crippen LogP contribution < -0.4 is 0 Å². The fraction of sp³-hybridized carbons (Fsp3) is 0.833. The van der Waals surface area contributed by atoms with Crippen molar-refractivity contribution in [1.29, 1.82) is 0 Å². The molecular weight excluding hydrogens is 222 g/mol. The van der Waals surface area contributed by atoms with Crippen molar-refractivity contribution in [1.82, 2.24) is 14.8 Å². The molecule has 0 amide bonds. The molecule has 3 aliphatic carbocycles. The Hall–Kier alpha value is -0.570. The molecule has 86 valence electrons. The first kappa shape index (κ1) is 9.46. The monoisotopic (exact) mass is 237 g/mol. The van der Waals surface area contributed by atoms with Crippen molar-refractivity contribution in [3.63, 3.8) is 0 Å². The summed E-state index contributed by atoms with van der Waals surface area (Å²) in [7, 11) is 0. The SMILES string of the molecule is Clc1nnc(C2CC2)n1C(C1CC1)C1CC1. The molecule has 0 bridgehead atoms. The zero-order valence-corrected chi connectivity index (χ0v) is 10.0. The van der Waals surface area contributed by atoms with Crippen molar-refractivity contribution in [2.24, 2.45) is 11.8 Å². The van der Waals surface area contributed by atoms with E-state index in [0.29, 0.717) is 17.2 Å². The normalized spacial score (nSPS) is 25.4. The van der Waals surface area contributed by atoms with Crippen LogP contribution >= 0.6 is 11.6 Å². The third kappa shape index (κ3) is 1.48. The van der Waals surface area contributed by atoms with Crippen LogP contribution in [0.3, 0.4) is 0 Å². The van der Waals surface area contributed by atoms with Crippen LogP contribution in [-0.2, 0) is 0 Å². The smallest absolute Gasteiger partial charge is 0.225 e. The first-order chi connectivity index (χ1) is 7.84. The fourth-order valence-corrected chi connectivity index (χ4v) is 3.10. The van der Waals surface area contributed by atoms with Gasteiger partial charge in [-0.05, 0) is 62.0 Å². The van der Waals surface area contributed by atoms with Gasteiger partial charge in [0.1, 0.15) is 5.82 Å². The largest absolute Gasteiger partial charge is 0.298 e. The summed E-state index contributed by atoms with van der Waals surface area (Å²) in [6, 6.07) is 0.623. The summed E-state index contributed by atoms with van der Waals surface area (Å²) < 4.78 is 2.29. The van der Waals surface area contributed by atoms with E-state index in [9.17, 15) is 0 Å². The minimum absolute atomic E-state index is 0.623. The van der Waals surface area contributed by atoms with Gasteiger partial charge in [-0.15, -0.1) is 10.2 Å². The van der Waals surface area contributed by atoms with Crippen LogP contribution in [0.1, 0.15) is 56.3 Å². The molecule has 4 heteroatoms. The Morgan fingerprint density at radius 3 is 2.12 bits per heavy atom. The highest BCUT2D eigenvalue weighted by molar-refractivity contribution is 6.28. The lowest BCUT2D eigenvalue weighted by molar-refractivity contribution is 0.383. The molecule has 1 heterocycles. The molecule has 0 aliphatic heterocycles. The van der Waals surface area contributed by atoms with Gasteiger partial charge in [0.05, 0.1) is 0 Å². The summed E-state index contributed by atoms with van der Waals surface area (Å²) in [5.74, 6) is 3.55. The van der Waals surface area contributed by atoms with Crippen molar-refractivity contribution in [3.8, 4) is 0 Å². The molecule has 3 nitrogen and oxygen atoms in total. The molecule has 1 aromatic rings. The summed E-state index contributed by atoms with van der Waals surface area (Å²) in [5.41, 5.74) is 0. The Balaban J connectivity index is 1.74. The van der Waals surface area contributed by atoms with Gasteiger partial charge in [0.25, 0.3) is 0 Å². The van der Waals surface area contributed by atoms with Crippen LogP contribution in [0.25, 0.3) is 0 Å². The highest BCUT2D eigenvalue weighted by Gasteiger charge is 2.45. The predicted molar refractivity (Wildman–Crippen MR) is 61.5 cm³/mol. The summed E-state index contributed by atoms with van der Waals surface area (Å²) in [5, 5.41) is 9.03. The lowest BCUT2D eigenvalue weighted by Gasteiger charge is -2.20. The second kappa shape index (κ2) is 3.22. The van der Waals surface area contributed by atoms with E-state index in [-0.39, 0.29) is 0 Å². The second-order valence-corrected chi connectivity index (χ2v) is 5.98. The van der Waals surface area contributed by atoms with Gasteiger partial charge in [0, 0.05) is 12.0 Å². The van der Waals surface area contributed by atoms with Crippen LogP contribution in [-0.4, -0.2) is 14.8 Å². The van der Waals surface area contributed by atoms with Crippen LogP contribution in [0.2, 0.25) is 5.28 Å². The Labute approximate surface area is 100 Å². The highest BCUT2D eigenvalue weighted by atomic mass is 35.5. The zero-order valence-electron chi connectivity index (χ0n) is 9.27. The van der Waals surface area contributed by atoms with Gasteiger partial charge in [-0.3, -0.25) is 4.57 Å². The van der Waals surface area contributed by atoms with Gasteiger partial charge in [-0.25, -0.2) is 0 Å². The van der Waals surface area contributed by atoms with E-state index < -0.39 is 0 Å². The molecule has 1 aromatic heterocycles. The number of aromatic nitrogens is 3. The van der Waals surface area contributed by atoms with E-state index >= 15 is 0 Å². The Morgan fingerprint density at radius 2 is 1.62 bits per heavy atom. The molecule has 16 heavy (non-hydrogen) atoms. The average Bonchev–Trinajstić information content (AvgIpc) is 3.11. The minimum atomic E-state index is 0.623. The molecule has 0 saturated heterocycles. The summed E-state index contributed by atoms with van der Waals surface area (Å²) in [6.45, 7) is 0. The van der Waals surface area contributed by atoms with E-state index in [4.69, 9.17) is 11.6 Å². The molecule has 0 unspecified atom stereocenters. The molecule has 0 atom stereocenters. The lowest BCUT2D eigenvalue weighted by Crippen LogP contribution is -2.16. The molecule has 0 spiro atoms. The van der Waals surface area contributed by atoms with Gasteiger partial charge in [-0.2, -0.15) is 0 Å². The maximum absolute atomic E-state index is 6.24. The molecule has 4 rings (SSSR count). The maximum Gasteiger partial charge on any atom is 0.225 e. The van der Waals surface area contributed by atoms with Crippen LogP contribution in [0.15, 0.2) is 0 Å². The molecule has 3 saturated carbocycles. The standard InChI is InChI=1S/C12H16ClN3/c13-12-15-14-11(9-5-6-9)16(12)10(7-1-2-7)8-3-4-8/h7-10H,1-6H2. The van der Waals surface area contributed by atoms with E-state index in [1.54, 1.807) is 0 Å². The van der Waals surface area contributed by atoms with Gasteiger partial charge < -0.3 is 0 Å². The van der Waals surface area contributed by atoms with E-state index in [2.05, 4.69) is 14.8 Å². The molecule has 3 aliphatic rings. The summed E-state index contributed by atoms with van der Waals surface area (Å²) in [4.78, 5) is 0. The first-order valence-electron chi connectivity index (χ1n) is 6.45. The Kier molecular flexibility index (Phi) is 1.90. The lowest BCUT2D eigenvalue weighted by atomic mass is 10.1. The maximum atomic E-state index is 6.24. The number of hydrogen-bond acceptors (Lipinski definition) is 2. The molecular formula is C12H16ClN3. The van der Waals surface area contributed by atoms with Gasteiger partial charge in [0.15, 0.2) is 0 Å². The van der Waals surface area contributed by atoms with E-state index in [0.717, 1.165) is 11.8 Å². The fourth-order valence-electron chi connectivity index (χ4n) is 2.86. The van der Waals surface area contributed by atoms with Crippen molar-refractivity contribution < 1.29 is 0 Å². The number of nitrogens with zero attached hydrogens (tertiary/aromatic N) is 3. The molecule has 0 N–H and O–H groups in total. The highest BCUT2D eigenvalue weighted by Crippen LogP contribution is 2.54. The van der Waals surface area contributed by atoms with Crippen molar-refractivity contribution in [3.05, 3.63) is 11.1 Å². The number of hydrogen-bond donors (Lipinski definition) is 0. The second-order valence-electron chi connectivity index (χ2n) is 5.64. The molecule has 0 radical (unpaired) electrons. The van der Waals surface area contributed by atoms with Crippen LogP contribution in [0.4, 0.5) is 0 Å². The van der Waals surface area contributed by atoms with Crippen molar-refractivity contribution >= 4 is 11.6 Å². The first-order valence-corrected chi connectivity index (χ1v) is 6.82. The number of halogens is 1. The number of rotatable bonds is 4. The van der Waals surface area contributed by atoms with E-state index in [1.165, 1.54) is 44.3 Å². The van der Waals surface area contributed by atoms with Gasteiger partial charge in [-0.1, -0.05) is 0 Å². The van der Waals surface area contributed by atoms with Crippen molar-refractivity contribution in [2.45, 2.75) is 50.5 Å². The Morgan fingerprint density at radius 1 is 1.00 bits per heavy atom. The topological polar surface area (TPSA) is 30.7 Å². The quantitative estimate of drug-likeness (QED) is 0.805. The molecule has 0 aromatic carbocycles. The zero-order chi connectivity index (χ0) is 10.7. The third-order valence-electron chi connectivity index (χ3n) is 4.13. The van der Waals surface area contributed by atoms with Crippen molar-refractivity contribution in [2.75, 3.05) is 0 Å².